The smallest absolute Gasteiger partial charge is 0.260 e. The minimum Gasteiger partial charge on any atom is -0.493 e. The number of ether oxygens (including phenoxy) is 2. The van der Waals surface area contributed by atoms with E-state index < -0.39 is 0 Å². The first-order valence-corrected chi connectivity index (χ1v) is 12.6. The molecule has 9 nitrogen and oxygen atoms in total. The summed E-state index contributed by atoms with van der Waals surface area (Å²) in [6.45, 7) is 2.38. The molecule has 2 aliphatic heterocycles. The molecule has 0 saturated carbocycles. The standard InChI is InChI=1S/C29H32N4O5/c1-17(30-2)28(35)32-21-9-18(15-34)8-19(10-21)16-38-27-13-24-23(12-26(27)37-3)29(36)33-22(14-31-24)11-20-6-4-5-7-25(20)33/h4-10,12-13,17,22,30-31,34H,11,14-16H2,1-3H3,(H,32,35)/t17-,22-/m0/s1. The zero-order valence-corrected chi connectivity index (χ0v) is 21.7. The molecule has 0 aromatic heterocycles. The molecule has 0 spiro atoms. The Morgan fingerprint density at radius 3 is 2.71 bits per heavy atom. The number of rotatable bonds is 8. The quantitative estimate of drug-likeness (QED) is 0.363. The maximum absolute atomic E-state index is 13.6. The zero-order chi connectivity index (χ0) is 26.8. The van der Waals surface area contributed by atoms with Crippen molar-refractivity contribution in [1.82, 2.24) is 5.32 Å². The van der Waals surface area contributed by atoms with Gasteiger partial charge in [0.2, 0.25) is 5.91 Å². The minimum atomic E-state index is -0.365. The Labute approximate surface area is 221 Å². The number of amides is 2. The van der Waals surface area contributed by atoms with Crippen LogP contribution in [0.5, 0.6) is 11.5 Å². The van der Waals surface area contributed by atoms with Crippen LogP contribution in [0, 0.1) is 0 Å². The van der Waals surface area contributed by atoms with Crippen molar-refractivity contribution in [1.29, 1.82) is 0 Å². The summed E-state index contributed by atoms with van der Waals surface area (Å²) in [5, 5.41) is 18.9. The Morgan fingerprint density at radius 2 is 1.95 bits per heavy atom. The third kappa shape index (κ3) is 4.90. The number of methoxy groups -OCH3 is 1. The highest BCUT2D eigenvalue weighted by Crippen LogP contribution is 2.40. The number of carbonyl (C=O) groups excluding carboxylic acids is 2. The van der Waals surface area contributed by atoms with Crippen LogP contribution in [-0.2, 0) is 24.4 Å². The highest BCUT2D eigenvalue weighted by atomic mass is 16.5. The number of anilines is 3. The maximum Gasteiger partial charge on any atom is 0.260 e. The van der Waals surface area contributed by atoms with Gasteiger partial charge in [0.15, 0.2) is 11.5 Å². The van der Waals surface area contributed by atoms with Crippen molar-refractivity contribution in [3.8, 4) is 11.5 Å². The number of benzene rings is 3. The first-order chi connectivity index (χ1) is 18.4. The van der Waals surface area contributed by atoms with Crippen LogP contribution in [-0.4, -0.2) is 49.7 Å². The fraction of sp³-hybridized carbons (Fsp3) is 0.310. The Morgan fingerprint density at radius 1 is 1.16 bits per heavy atom. The number of carbonyl (C=O) groups is 2. The van der Waals surface area contributed by atoms with Gasteiger partial charge in [0.25, 0.3) is 5.91 Å². The predicted molar refractivity (Wildman–Crippen MR) is 146 cm³/mol. The molecule has 2 heterocycles. The van der Waals surface area contributed by atoms with E-state index in [2.05, 4.69) is 22.0 Å². The predicted octanol–water partition coefficient (Wildman–Crippen LogP) is 3.31. The summed E-state index contributed by atoms with van der Waals surface area (Å²) in [4.78, 5) is 27.8. The molecule has 2 amide bonds. The van der Waals surface area contributed by atoms with E-state index in [9.17, 15) is 14.7 Å². The number of hydrogen-bond donors (Lipinski definition) is 4. The molecule has 3 aromatic carbocycles. The van der Waals surface area contributed by atoms with Crippen molar-refractivity contribution >= 4 is 28.9 Å². The van der Waals surface area contributed by atoms with Crippen molar-refractivity contribution in [2.45, 2.75) is 38.6 Å². The van der Waals surface area contributed by atoms with Gasteiger partial charge in [-0.25, -0.2) is 0 Å². The summed E-state index contributed by atoms with van der Waals surface area (Å²) in [6.07, 6.45) is 0.802. The molecule has 0 saturated heterocycles. The average Bonchev–Trinajstić information content (AvgIpc) is 3.25. The fourth-order valence-corrected chi connectivity index (χ4v) is 4.96. The third-order valence-electron chi connectivity index (χ3n) is 7.08. The van der Waals surface area contributed by atoms with Gasteiger partial charge in [-0.15, -0.1) is 0 Å². The molecule has 198 valence electrons. The normalized spacial score (nSPS) is 16.5. The number of nitrogens with one attached hydrogen (secondary N) is 3. The van der Waals surface area contributed by atoms with E-state index >= 15 is 0 Å². The molecule has 9 heteroatoms. The van der Waals surface area contributed by atoms with Crippen LogP contribution in [0.1, 0.15) is 34.0 Å². The van der Waals surface area contributed by atoms with E-state index in [0.717, 1.165) is 17.7 Å². The molecule has 0 unspecified atom stereocenters. The first-order valence-electron chi connectivity index (χ1n) is 12.6. The highest BCUT2D eigenvalue weighted by molar-refractivity contribution is 6.12. The second kappa shape index (κ2) is 10.7. The van der Waals surface area contributed by atoms with Gasteiger partial charge in [0.1, 0.15) is 6.61 Å². The first kappa shape index (κ1) is 25.6. The second-order valence-electron chi connectivity index (χ2n) is 9.58. The van der Waals surface area contributed by atoms with E-state index in [0.29, 0.717) is 40.5 Å². The van der Waals surface area contributed by atoms with Gasteiger partial charge < -0.3 is 35.4 Å². The van der Waals surface area contributed by atoms with Crippen LogP contribution in [0.3, 0.4) is 0 Å². The molecule has 2 aliphatic rings. The molecule has 38 heavy (non-hydrogen) atoms. The van der Waals surface area contributed by atoms with E-state index in [1.54, 1.807) is 39.3 Å². The van der Waals surface area contributed by atoms with E-state index in [4.69, 9.17) is 9.47 Å². The van der Waals surface area contributed by atoms with Crippen LogP contribution >= 0.6 is 0 Å². The Bertz CT molecular complexity index is 1380. The van der Waals surface area contributed by atoms with Gasteiger partial charge in [-0.2, -0.15) is 0 Å². The van der Waals surface area contributed by atoms with Gasteiger partial charge >= 0.3 is 0 Å². The Hall–Kier alpha value is -4.08. The number of aliphatic hydroxyl groups excluding tert-OH is 1. The molecule has 4 N–H and O–H groups in total. The van der Waals surface area contributed by atoms with Crippen molar-refractivity contribution in [3.05, 3.63) is 76.9 Å². The molecular weight excluding hydrogens is 484 g/mol. The number of fused-ring (bicyclic) bond motifs is 4. The lowest BCUT2D eigenvalue weighted by Gasteiger charge is -2.22. The Kier molecular flexibility index (Phi) is 7.22. The van der Waals surface area contributed by atoms with Crippen LogP contribution < -0.4 is 30.3 Å². The van der Waals surface area contributed by atoms with Gasteiger partial charge in [-0.05, 0) is 67.4 Å². The monoisotopic (exact) mass is 516 g/mol. The number of likely N-dealkylation sites (N-methyl/N-ethyl adjacent to an activating group) is 1. The topological polar surface area (TPSA) is 112 Å². The largest absolute Gasteiger partial charge is 0.493 e. The molecule has 0 radical (unpaired) electrons. The maximum atomic E-state index is 13.6. The van der Waals surface area contributed by atoms with Crippen LogP contribution in [0.15, 0.2) is 54.6 Å². The molecular formula is C29H32N4O5. The highest BCUT2D eigenvalue weighted by Gasteiger charge is 2.37. The summed E-state index contributed by atoms with van der Waals surface area (Å²) in [7, 11) is 3.26. The molecule has 0 aliphatic carbocycles. The van der Waals surface area contributed by atoms with E-state index in [1.807, 2.05) is 35.2 Å². The summed E-state index contributed by atoms with van der Waals surface area (Å²) >= 11 is 0. The van der Waals surface area contributed by atoms with Crippen LogP contribution in [0.25, 0.3) is 0 Å². The lowest BCUT2D eigenvalue weighted by Crippen LogP contribution is -2.39. The number of aliphatic hydroxyl groups is 1. The third-order valence-corrected chi connectivity index (χ3v) is 7.08. The Balaban J connectivity index is 1.39. The lowest BCUT2D eigenvalue weighted by molar-refractivity contribution is -0.117. The molecule has 5 rings (SSSR count). The number of nitrogens with zero attached hydrogens (tertiary/aromatic N) is 1. The molecule has 3 aromatic rings. The molecule has 0 fully saturated rings. The van der Waals surface area contributed by atoms with Crippen molar-refractivity contribution in [3.63, 3.8) is 0 Å². The van der Waals surface area contributed by atoms with Crippen molar-refractivity contribution in [2.24, 2.45) is 0 Å². The SMILES string of the molecule is CN[C@@H](C)C(=O)Nc1cc(CO)cc(COc2cc3c(cc2OC)C(=O)N2c4ccccc4C[C@H]2CN3)c1. The molecule has 0 bridgehead atoms. The van der Waals surface area contributed by atoms with Crippen LogP contribution in [0.4, 0.5) is 17.1 Å². The van der Waals surface area contributed by atoms with Gasteiger partial charge in [0, 0.05) is 24.0 Å². The van der Waals surface area contributed by atoms with Gasteiger partial charge in [-0.3, -0.25) is 9.59 Å². The summed E-state index contributed by atoms with van der Waals surface area (Å²) in [5.74, 6) is 0.676. The van der Waals surface area contributed by atoms with E-state index in [1.165, 1.54) is 5.56 Å². The average molecular weight is 517 g/mol. The van der Waals surface area contributed by atoms with Gasteiger partial charge in [0.05, 0.1) is 37.1 Å². The number of hydrogen-bond acceptors (Lipinski definition) is 7. The summed E-state index contributed by atoms with van der Waals surface area (Å²) in [5.41, 5.74) is 5.33. The lowest BCUT2D eigenvalue weighted by atomic mass is 10.1. The fourth-order valence-electron chi connectivity index (χ4n) is 4.96. The number of para-hydroxylation sites is 1. The van der Waals surface area contributed by atoms with Crippen molar-refractivity contribution in [2.75, 3.05) is 36.2 Å². The summed E-state index contributed by atoms with van der Waals surface area (Å²) < 4.78 is 11.7. The molecule has 2 atom stereocenters. The second-order valence-corrected chi connectivity index (χ2v) is 9.58. The minimum absolute atomic E-state index is 0.0307. The zero-order valence-electron chi connectivity index (χ0n) is 21.7. The van der Waals surface area contributed by atoms with E-state index in [-0.39, 0.29) is 37.1 Å². The van der Waals surface area contributed by atoms with Gasteiger partial charge in [-0.1, -0.05) is 18.2 Å². The summed E-state index contributed by atoms with van der Waals surface area (Å²) in [6, 6.07) is 16.6. The van der Waals surface area contributed by atoms with Crippen LogP contribution in [0.2, 0.25) is 0 Å². The van der Waals surface area contributed by atoms with Crippen molar-refractivity contribution < 1.29 is 24.2 Å².